The SMILES string of the molecule is CC(=O)Nc1ccc(N2CCC3(CC2)OCCO3)nc1. The van der Waals surface area contributed by atoms with Crippen molar-refractivity contribution < 1.29 is 14.3 Å². The Morgan fingerprint density at radius 3 is 2.55 bits per heavy atom. The fourth-order valence-electron chi connectivity index (χ4n) is 2.71. The summed E-state index contributed by atoms with van der Waals surface area (Å²) in [5.74, 6) is 0.481. The van der Waals surface area contributed by atoms with Gasteiger partial charge < -0.3 is 19.7 Å². The summed E-state index contributed by atoms with van der Waals surface area (Å²) in [6, 6.07) is 3.80. The fourth-order valence-corrected chi connectivity index (χ4v) is 2.71. The quantitative estimate of drug-likeness (QED) is 0.885. The Balaban J connectivity index is 1.61. The number of hydrogen-bond acceptors (Lipinski definition) is 5. The Morgan fingerprint density at radius 1 is 1.30 bits per heavy atom. The number of nitrogens with one attached hydrogen (secondary N) is 1. The van der Waals surface area contributed by atoms with E-state index in [2.05, 4.69) is 15.2 Å². The van der Waals surface area contributed by atoms with Crippen LogP contribution in [0.1, 0.15) is 19.8 Å². The lowest BCUT2D eigenvalue weighted by Gasteiger charge is -2.38. The average Bonchev–Trinajstić information content (AvgIpc) is 2.89. The van der Waals surface area contributed by atoms with Crippen molar-refractivity contribution in [1.29, 1.82) is 0 Å². The van der Waals surface area contributed by atoms with Crippen molar-refractivity contribution in [3.8, 4) is 0 Å². The molecule has 0 aliphatic carbocycles. The lowest BCUT2D eigenvalue weighted by atomic mass is 10.0. The van der Waals surface area contributed by atoms with Gasteiger partial charge in [0.15, 0.2) is 5.79 Å². The molecule has 1 N–H and O–H groups in total. The molecular formula is C14H19N3O3. The van der Waals surface area contributed by atoms with Crippen molar-refractivity contribution in [2.45, 2.75) is 25.6 Å². The minimum atomic E-state index is -0.355. The predicted octanol–water partition coefficient (Wildman–Crippen LogP) is 1.38. The van der Waals surface area contributed by atoms with Crippen LogP contribution in [0.5, 0.6) is 0 Å². The number of nitrogens with zero attached hydrogens (tertiary/aromatic N) is 2. The van der Waals surface area contributed by atoms with Crippen LogP contribution in [0.25, 0.3) is 0 Å². The fraction of sp³-hybridized carbons (Fsp3) is 0.571. The van der Waals surface area contributed by atoms with Crippen molar-refractivity contribution in [3.63, 3.8) is 0 Å². The zero-order valence-electron chi connectivity index (χ0n) is 11.6. The summed E-state index contributed by atoms with van der Waals surface area (Å²) in [5, 5.41) is 2.71. The van der Waals surface area contributed by atoms with Crippen LogP contribution >= 0.6 is 0 Å². The van der Waals surface area contributed by atoms with Crippen LogP contribution < -0.4 is 10.2 Å². The van der Waals surface area contributed by atoms with E-state index in [1.165, 1.54) is 6.92 Å². The third-order valence-corrected chi connectivity index (χ3v) is 3.73. The molecule has 0 atom stereocenters. The summed E-state index contributed by atoms with van der Waals surface area (Å²) >= 11 is 0. The van der Waals surface area contributed by atoms with Gasteiger partial charge in [0.05, 0.1) is 25.1 Å². The molecule has 1 aromatic heterocycles. The van der Waals surface area contributed by atoms with Gasteiger partial charge in [-0.15, -0.1) is 0 Å². The van der Waals surface area contributed by atoms with Crippen LogP contribution in [-0.2, 0) is 14.3 Å². The first-order valence-electron chi connectivity index (χ1n) is 6.93. The van der Waals surface area contributed by atoms with Gasteiger partial charge in [0.2, 0.25) is 5.91 Å². The third kappa shape index (κ3) is 2.76. The maximum absolute atomic E-state index is 11.0. The maximum Gasteiger partial charge on any atom is 0.221 e. The van der Waals surface area contributed by atoms with E-state index in [1.807, 2.05) is 12.1 Å². The maximum atomic E-state index is 11.0. The van der Waals surface area contributed by atoms with Crippen LogP contribution in [0.3, 0.4) is 0 Å². The zero-order chi connectivity index (χ0) is 14.0. The van der Waals surface area contributed by atoms with E-state index < -0.39 is 0 Å². The van der Waals surface area contributed by atoms with Gasteiger partial charge in [0.25, 0.3) is 0 Å². The van der Waals surface area contributed by atoms with Crippen LogP contribution in [0.2, 0.25) is 0 Å². The minimum Gasteiger partial charge on any atom is -0.356 e. The molecule has 0 radical (unpaired) electrons. The first-order valence-corrected chi connectivity index (χ1v) is 6.93. The molecule has 0 saturated carbocycles. The molecule has 2 fully saturated rings. The van der Waals surface area contributed by atoms with Gasteiger partial charge >= 0.3 is 0 Å². The van der Waals surface area contributed by atoms with E-state index in [0.29, 0.717) is 13.2 Å². The number of piperidine rings is 1. The normalized spacial score (nSPS) is 21.1. The monoisotopic (exact) mass is 277 g/mol. The Bertz CT molecular complexity index is 473. The Kier molecular flexibility index (Phi) is 3.58. The molecule has 0 unspecified atom stereocenters. The number of amides is 1. The van der Waals surface area contributed by atoms with E-state index in [4.69, 9.17) is 9.47 Å². The zero-order valence-corrected chi connectivity index (χ0v) is 11.6. The number of rotatable bonds is 2. The van der Waals surface area contributed by atoms with Crippen molar-refractivity contribution in [2.75, 3.05) is 36.5 Å². The molecular weight excluding hydrogens is 258 g/mol. The van der Waals surface area contributed by atoms with E-state index in [0.717, 1.165) is 37.4 Å². The van der Waals surface area contributed by atoms with Crippen molar-refractivity contribution >= 4 is 17.4 Å². The summed E-state index contributed by atoms with van der Waals surface area (Å²) in [5.41, 5.74) is 0.720. The van der Waals surface area contributed by atoms with E-state index in [-0.39, 0.29) is 11.7 Å². The third-order valence-electron chi connectivity index (χ3n) is 3.73. The average molecular weight is 277 g/mol. The highest BCUT2D eigenvalue weighted by Gasteiger charge is 2.39. The van der Waals surface area contributed by atoms with Gasteiger partial charge in [-0.3, -0.25) is 4.79 Å². The Morgan fingerprint density at radius 2 is 2.00 bits per heavy atom. The summed E-state index contributed by atoms with van der Waals surface area (Å²) < 4.78 is 11.4. The molecule has 20 heavy (non-hydrogen) atoms. The summed E-state index contributed by atoms with van der Waals surface area (Å²) in [7, 11) is 0. The Labute approximate surface area is 118 Å². The summed E-state index contributed by atoms with van der Waals surface area (Å²) in [4.78, 5) is 17.6. The van der Waals surface area contributed by atoms with E-state index in [1.54, 1.807) is 6.20 Å². The highest BCUT2D eigenvalue weighted by atomic mass is 16.7. The lowest BCUT2D eigenvalue weighted by Crippen LogP contribution is -2.45. The highest BCUT2D eigenvalue weighted by molar-refractivity contribution is 5.88. The number of anilines is 2. The van der Waals surface area contributed by atoms with Crippen LogP contribution in [0.15, 0.2) is 18.3 Å². The smallest absolute Gasteiger partial charge is 0.221 e. The van der Waals surface area contributed by atoms with Crippen molar-refractivity contribution in [1.82, 2.24) is 4.98 Å². The summed E-state index contributed by atoms with van der Waals surface area (Å²) in [6.07, 6.45) is 3.41. The second-order valence-corrected chi connectivity index (χ2v) is 5.18. The van der Waals surface area contributed by atoms with E-state index in [9.17, 15) is 4.79 Å². The van der Waals surface area contributed by atoms with Crippen LogP contribution in [-0.4, -0.2) is 43.0 Å². The molecule has 2 aliphatic rings. The predicted molar refractivity (Wildman–Crippen MR) is 74.6 cm³/mol. The molecule has 2 saturated heterocycles. The molecule has 1 amide bonds. The number of carbonyl (C=O) groups is 1. The van der Waals surface area contributed by atoms with Crippen molar-refractivity contribution in [2.24, 2.45) is 0 Å². The number of aromatic nitrogens is 1. The molecule has 3 heterocycles. The van der Waals surface area contributed by atoms with Crippen LogP contribution in [0.4, 0.5) is 11.5 Å². The molecule has 6 heteroatoms. The molecule has 1 aromatic rings. The second-order valence-electron chi connectivity index (χ2n) is 5.18. The molecule has 6 nitrogen and oxygen atoms in total. The van der Waals surface area contributed by atoms with E-state index >= 15 is 0 Å². The first kappa shape index (κ1) is 13.3. The Hall–Kier alpha value is -1.66. The van der Waals surface area contributed by atoms with Gasteiger partial charge in [-0.25, -0.2) is 4.98 Å². The van der Waals surface area contributed by atoms with Crippen LogP contribution in [0, 0.1) is 0 Å². The minimum absolute atomic E-state index is 0.0880. The van der Waals surface area contributed by atoms with Gasteiger partial charge in [-0.2, -0.15) is 0 Å². The van der Waals surface area contributed by atoms with Crippen molar-refractivity contribution in [3.05, 3.63) is 18.3 Å². The highest BCUT2D eigenvalue weighted by Crippen LogP contribution is 2.32. The lowest BCUT2D eigenvalue weighted by molar-refractivity contribution is -0.169. The largest absolute Gasteiger partial charge is 0.356 e. The molecule has 0 aromatic carbocycles. The van der Waals surface area contributed by atoms with Gasteiger partial charge in [-0.05, 0) is 12.1 Å². The molecule has 1 spiro atoms. The second kappa shape index (κ2) is 5.38. The topological polar surface area (TPSA) is 63.7 Å². The van der Waals surface area contributed by atoms with Gasteiger partial charge in [-0.1, -0.05) is 0 Å². The number of hydrogen-bond donors (Lipinski definition) is 1. The number of pyridine rings is 1. The molecule has 0 bridgehead atoms. The van der Waals surface area contributed by atoms with Gasteiger partial charge in [0.1, 0.15) is 5.82 Å². The molecule has 3 rings (SSSR count). The standard InChI is InChI=1S/C14H19N3O3/c1-11(18)16-12-2-3-13(15-10-12)17-6-4-14(5-7-17)19-8-9-20-14/h2-3,10H,4-9H2,1H3,(H,16,18). The summed E-state index contributed by atoms with van der Waals surface area (Å²) in [6.45, 7) is 4.62. The van der Waals surface area contributed by atoms with Gasteiger partial charge in [0, 0.05) is 32.9 Å². The number of carbonyl (C=O) groups excluding carboxylic acids is 1. The molecule has 108 valence electrons. The first-order chi connectivity index (χ1) is 9.67. The number of ether oxygens (including phenoxy) is 2. The molecule has 2 aliphatic heterocycles.